The van der Waals surface area contributed by atoms with Crippen molar-refractivity contribution < 1.29 is 4.74 Å². The van der Waals surface area contributed by atoms with Crippen LogP contribution in [0, 0.1) is 5.92 Å². The van der Waals surface area contributed by atoms with Gasteiger partial charge in [0.05, 0.1) is 6.10 Å². The Morgan fingerprint density at radius 1 is 1.28 bits per heavy atom. The molecule has 108 valence electrons. The molecule has 1 aliphatic rings. The SMILES string of the molecule is CCC(C)CN(CC)CCCOC1CCNCC1. The van der Waals surface area contributed by atoms with Gasteiger partial charge in [-0.05, 0) is 44.8 Å². The minimum atomic E-state index is 0.510. The monoisotopic (exact) mass is 256 g/mol. The molecule has 3 heteroatoms. The molecule has 1 N–H and O–H groups in total. The Kier molecular flexibility index (Phi) is 8.64. The van der Waals surface area contributed by atoms with Gasteiger partial charge in [-0.2, -0.15) is 0 Å². The highest BCUT2D eigenvalue weighted by Gasteiger charge is 2.13. The lowest BCUT2D eigenvalue weighted by atomic mass is 10.1. The number of nitrogens with one attached hydrogen (secondary N) is 1. The van der Waals surface area contributed by atoms with Crippen LogP contribution in [0.5, 0.6) is 0 Å². The van der Waals surface area contributed by atoms with Crippen molar-refractivity contribution in [2.75, 3.05) is 39.3 Å². The largest absolute Gasteiger partial charge is 0.378 e. The highest BCUT2D eigenvalue weighted by Crippen LogP contribution is 2.08. The highest BCUT2D eigenvalue weighted by atomic mass is 16.5. The fourth-order valence-corrected chi connectivity index (χ4v) is 2.45. The van der Waals surface area contributed by atoms with Gasteiger partial charge in [0.15, 0.2) is 0 Å². The van der Waals surface area contributed by atoms with Crippen molar-refractivity contribution in [1.29, 1.82) is 0 Å². The van der Waals surface area contributed by atoms with Crippen LogP contribution < -0.4 is 5.32 Å². The molecule has 1 saturated heterocycles. The molecule has 0 amide bonds. The van der Waals surface area contributed by atoms with Gasteiger partial charge in [0.25, 0.3) is 0 Å². The average Bonchev–Trinajstić information content (AvgIpc) is 2.43. The second-order valence-corrected chi connectivity index (χ2v) is 5.58. The first-order valence-corrected chi connectivity index (χ1v) is 7.80. The van der Waals surface area contributed by atoms with E-state index in [1.54, 1.807) is 0 Å². The van der Waals surface area contributed by atoms with Gasteiger partial charge in [-0.1, -0.05) is 27.2 Å². The summed E-state index contributed by atoms with van der Waals surface area (Å²) in [6, 6.07) is 0. The molecule has 3 nitrogen and oxygen atoms in total. The van der Waals surface area contributed by atoms with E-state index in [4.69, 9.17) is 4.74 Å². The molecular formula is C15H32N2O. The molecule has 0 aromatic carbocycles. The molecule has 0 aromatic rings. The molecule has 1 unspecified atom stereocenters. The van der Waals surface area contributed by atoms with Crippen molar-refractivity contribution >= 4 is 0 Å². The molecule has 1 rings (SSSR count). The van der Waals surface area contributed by atoms with Crippen molar-refractivity contribution in [3.8, 4) is 0 Å². The van der Waals surface area contributed by atoms with Gasteiger partial charge in [-0.15, -0.1) is 0 Å². The van der Waals surface area contributed by atoms with E-state index < -0.39 is 0 Å². The first-order chi connectivity index (χ1) is 8.76. The number of rotatable bonds is 9. The maximum atomic E-state index is 5.94. The van der Waals surface area contributed by atoms with Crippen molar-refractivity contribution in [2.45, 2.75) is 52.6 Å². The first kappa shape index (κ1) is 15.9. The molecule has 1 aliphatic heterocycles. The van der Waals surface area contributed by atoms with Crippen LogP contribution in [0.15, 0.2) is 0 Å². The van der Waals surface area contributed by atoms with Gasteiger partial charge in [-0.25, -0.2) is 0 Å². The quantitative estimate of drug-likeness (QED) is 0.642. The van der Waals surface area contributed by atoms with Crippen LogP contribution in [0.25, 0.3) is 0 Å². The lowest BCUT2D eigenvalue weighted by molar-refractivity contribution is 0.0274. The number of nitrogens with zero attached hydrogens (tertiary/aromatic N) is 1. The lowest BCUT2D eigenvalue weighted by Crippen LogP contribution is -2.33. The molecule has 0 saturated carbocycles. The zero-order valence-corrected chi connectivity index (χ0v) is 12.6. The summed E-state index contributed by atoms with van der Waals surface area (Å²) in [5.41, 5.74) is 0. The minimum absolute atomic E-state index is 0.510. The molecule has 1 heterocycles. The molecule has 0 spiro atoms. The van der Waals surface area contributed by atoms with Crippen LogP contribution in [0.3, 0.4) is 0 Å². The Morgan fingerprint density at radius 2 is 2.00 bits per heavy atom. The van der Waals surface area contributed by atoms with E-state index in [2.05, 4.69) is 31.0 Å². The van der Waals surface area contributed by atoms with E-state index in [9.17, 15) is 0 Å². The van der Waals surface area contributed by atoms with Gasteiger partial charge < -0.3 is 15.0 Å². The third-order valence-corrected chi connectivity index (χ3v) is 3.97. The van der Waals surface area contributed by atoms with Crippen LogP contribution in [0.1, 0.15) is 46.5 Å². The van der Waals surface area contributed by atoms with E-state index in [1.165, 1.54) is 38.8 Å². The molecule has 0 aliphatic carbocycles. The molecule has 1 fully saturated rings. The predicted molar refractivity (Wildman–Crippen MR) is 78.0 cm³/mol. The molecule has 18 heavy (non-hydrogen) atoms. The number of hydrogen-bond donors (Lipinski definition) is 1. The van der Waals surface area contributed by atoms with Crippen molar-refractivity contribution in [2.24, 2.45) is 5.92 Å². The smallest absolute Gasteiger partial charge is 0.0599 e. The van der Waals surface area contributed by atoms with Crippen molar-refractivity contribution in [1.82, 2.24) is 10.2 Å². The summed E-state index contributed by atoms with van der Waals surface area (Å²) in [7, 11) is 0. The standard InChI is InChI=1S/C15H32N2O/c1-4-14(3)13-17(5-2)11-6-12-18-15-7-9-16-10-8-15/h14-16H,4-13H2,1-3H3. The molecule has 0 aromatic heterocycles. The van der Waals surface area contributed by atoms with Gasteiger partial charge in [-0.3, -0.25) is 0 Å². The van der Waals surface area contributed by atoms with Gasteiger partial charge >= 0.3 is 0 Å². The Morgan fingerprint density at radius 3 is 2.61 bits per heavy atom. The second-order valence-electron chi connectivity index (χ2n) is 5.58. The Hall–Kier alpha value is -0.120. The predicted octanol–water partition coefficient (Wildman–Crippen LogP) is 2.51. The first-order valence-electron chi connectivity index (χ1n) is 7.80. The fourth-order valence-electron chi connectivity index (χ4n) is 2.45. The number of hydrogen-bond acceptors (Lipinski definition) is 3. The van der Waals surface area contributed by atoms with E-state index in [0.29, 0.717) is 6.10 Å². The van der Waals surface area contributed by atoms with Crippen molar-refractivity contribution in [3.63, 3.8) is 0 Å². The zero-order valence-electron chi connectivity index (χ0n) is 12.6. The lowest BCUT2D eigenvalue weighted by Gasteiger charge is -2.25. The maximum Gasteiger partial charge on any atom is 0.0599 e. The molecule has 1 atom stereocenters. The van der Waals surface area contributed by atoms with Crippen LogP contribution in [-0.2, 0) is 4.74 Å². The van der Waals surface area contributed by atoms with Crippen LogP contribution in [0.4, 0.5) is 0 Å². The normalized spacial score (nSPS) is 19.3. The Bertz CT molecular complexity index is 193. The van der Waals surface area contributed by atoms with Crippen LogP contribution in [0.2, 0.25) is 0 Å². The van der Waals surface area contributed by atoms with Gasteiger partial charge in [0, 0.05) is 19.7 Å². The van der Waals surface area contributed by atoms with Crippen LogP contribution in [-0.4, -0.2) is 50.3 Å². The number of piperidine rings is 1. The summed E-state index contributed by atoms with van der Waals surface area (Å²) in [6.07, 6.45) is 5.33. The summed E-state index contributed by atoms with van der Waals surface area (Å²) in [5, 5.41) is 3.37. The molecule has 0 bridgehead atoms. The fraction of sp³-hybridized carbons (Fsp3) is 1.00. The van der Waals surface area contributed by atoms with E-state index in [0.717, 1.165) is 32.2 Å². The summed E-state index contributed by atoms with van der Waals surface area (Å²) in [5.74, 6) is 0.815. The maximum absolute atomic E-state index is 5.94. The summed E-state index contributed by atoms with van der Waals surface area (Å²) in [6.45, 7) is 13.6. The Labute approximate surface area is 113 Å². The summed E-state index contributed by atoms with van der Waals surface area (Å²) >= 11 is 0. The average molecular weight is 256 g/mol. The summed E-state index contributed by atoms with van der Waals surface area (Å²) in [4.78, 5) is 2.56. The third-order valence-electron chi connectivity index (χ3n) is 3.97. The van der Waals surface area contributed by atoms with E-state index in [1.807, 2.05) is 0 Å². The van der Waals surface area contributed by atoms with Gasteiger partial charge in [0.1, 0.15) is 0 Å². The van der Waals surface area contributed by atoms with E-state index in [-0.39, 0.29) is 0 Å². The Balaban J connectivity index is 2.03. The van der Waals surface area contributed by atoms with Gasteiger partial charge in [0.2, 0.25) is 0 Å². The zero-order chi connectivity index (χ0) is 13.2. The van der Waals surface area contributed by atoms with E-state index >= 15 is 0 Å². The minimum Gasteiger partial charge on any atom is -0.378 e. The summed E-state index contributed by atoms with van der Waals surface area (Å²) < 4.78 is 5.94. The number of ether oxygens (including phenoxy) is 1. The highest BCUT2D eigenvalue weighted by molar-refractivity contribution is 4.68. The molecule has 0 radical (unpaired) electrons. The third kappa shape index (κ3) is 6.72. The second kappa shape index (κ2) is 9.76. The van der Waals surface area contributed by atoms with Crippen molar-refractivity contribution in [3.05, 3.63) is 0 Å². The van der Waals surface area contributed by atoms with Crippen LogP contribution >= 0.6 is 0 Å². The molecular weight excluding hydrogens is 224 g/mol. The topological polar surface area (TPSA) is 24.5 Å².